The molecule has 1 saturated heterocycles. The third-order valence-electron chi connectivity index (χ3n) is 3.73. The van der Waals surface area contributed by atoms with Crippen molar-refractivity contribution in [2.75, 3.05) is 6.54 Å². The predicted octanol–water partition coefficient (Wildman–Crippen LogP) is 2.70. The van der Waals surface area contributed by atoms with Crippen molar-refractivity contribution in [1.29, 1.82) is 5.26 Å². The Morgan fingerprint density at radius 2 is 2.26 bits per heavy atom. The molecule has 1 amide bonds. The smallest absolute Gasteiger partial charge is 0.223 e. The molecule has 1 aromatic rings. The summed E-state index contributed by atoms with van der Waals surface area (Å²) in [6.07, 6.45) is 0.551. The van der Waals surface area contributed by atoms with Gasteiger partial charge in [0.1, 0.15) is 5.82 Å². The summed E-state index contributed by atoms with van der Waals surface area (Å²) in [4.78, 5) is 13.6. The number of nitrogens with zero attached hydrogens (tertiary/aromatic N) is 2. The number of hydrogen-bond donors (Lipinski definition) is 0. The summed E-state index contributed by atoms with van der Waals surface area (Å²) in [7, 11) is 0. The van der Waals surface area contributed by atoms with Crippen molar-refractivity contribution in [3.8, 4) is 6.07 Å². The lowest BCUT2D eigenvalue weighted by molar-refractivity contribution is -0.128. The summed E-state index contributed by atoms with van der Waals surface area (Å²) < 4.78 is 13.8. The molecule has 0 radical (unpaired) electrons. The van der Waals surface area contributed by atoms with Crippen LogP contribution in [0.2, 0.25) is 0 Å². The minimum Gasteiger partial charge on any atom is -0.338 e. The van der Waals surface area contributed by atoms with Crippen LogP contribution in [0.3, 0.4) is 0 Å². The number of halogens is 1. The summed E-state index contributed by atoms with van der Waals surface area (Å²) in [5.41, 5.74) is 0.769. The van der Waals surface area contributed by atoms with Gasteiger partial charge in [-0.3, -0.25) is 4.79 Å². The third kappa shape index (κ3) is 2.93. The standard InChI is InChI=1S/C15H17FN2O/c1-10(2)13-6-15(19)18(9-13)8-12-4-3-11(7-17)5-14(12)16/h3-5,10,13H,6,8-9H2,1-2H3. The molecule has 3 nitrogen and oxygen atoms in total. The first-order valence-electron chi connectivity index (χ1n) is 6.47. The molecule has 19 heavy (non-hydrogen) atoms. The first-order chi connectivity index (χ1) is 9.01. The fourth-order valence-corrected chi connectivity index (χ4v) is 2.35. The molecule has 0 N–H and O–H groups in total. The number of amides is 1. The maximum atomic E-state index is 13.8. The number of nitriles is 1. The van der Waals surface area contributed by atoms with Gasteiger partial charge in [0, 0.05) is 25.1 Å². The maximum absolute atomic E-state index is 13.8. The zero-order valence-corrected chi connectivity index (χ0v) is 11.2. The lowest BCUT2D eigenvalue weighted by Crippen LogP contribution is -2.25. The Hall–Kier alpha value is -1.89. The van der Waals surface area contributed by atoms with Crippen molar-refractivity contribution in [3.05, 3.63) is 35.1 Å². The second-order valence-corrected chi connectivity index (χ2v) is 5.40. The topological polar surface area (TPSA) is 44.1 Å². The zero-order chi connectivity index (χ0) is 14.0. The molecule has 1 aliphatic heterocycles. The monoisotopic (exact) mass is 260 g/mol. The van der Waals surface area contributed by atoms with E-state index in [2.05, 4.69) is 13.8 Å². The van der Waals surface area contributed by atoms with Crippen LogP contribution in [-0.4, -0.2) is 17.4 Å². The van der Waals surface area contributed by atoms with Crippen molar-refractivity contribution >= 4 is 5.91 Å². The highest BCUT2D eigenvalue weighted by molar-refractivity contribution is 5.78. The molecule has 1 atom stereocenters. The van der Waals surface area contributed by atoms with Gasteiger partial charge in [0.25, 0.3) is 0 Å². The molecule has 0 saturated carbocycles. The van der Waals surface area contributed by atoms with Crippen molar-refractivity contribution in [2.24, 2.45) is 11.8 Å². The molecular weight excluding hydrogens is 243 g/mol. The summed E-state index contributed by atoms with van der Waals surface area (Å²) in [6, 6.07) is 6.29. The van der Waals surface area contributed by atoms with Crippen LogP contribution >= 0.6 is 0 Å². The van der Waals surface area contributed by atoms with Gasteiger partial charge in [-0.05, 0) is 24.0 Å². The normalized spacial score (nSPS) is 19.0. The molecule has 1 unspecified atom stereocenters. The van der Waals surface area contributed by atoms with E-state index < -0.39 is 5.82 Å². The molecule has 1 fully saturated rings. The third-order valence-corrected chi connectivity index (χ3v) is 3.73. The quantitative estimate of drug-likeness (QED) is 0.838. The number of rotatable bonds is 3. The van der Waals surface area contributed by atoms with Gasteiger partial charge in [0.05, 0.1) is 11.6 Å². The Morgan fingerprint density at radius 1 is 1.53 bits per heavy atom. The van der Waals surface area contributed by atoms with E-state index >= 15 is 0 Å². The van der Waals surface area contributed by atoms with E-state index in [0.717, 1.165) is 0 Å². The highest BCUT2D eigenvalue weighted by atomic mass is 19.1. The van der Waals surface area contributed by atoms with Crippen LogP contribution in [0.5, 0.6) is 0 Å². The molecule has 0 spiro atoms. The number of carbonyl (C=O) groups is 1. The SMILES string of the molecule is CC(C)C1CC(=O)N(Cc2ccc(C#N)cc2F)C1. The highest BCUT2D eigenvalue weighted by Crippen LogP contribution is 2.26. The molecule has 0 aliphatic carbocycles. The fourth-order valence-electron chi connectivity index (χ4n) is 2.35. The molecule has 1 aromatic carbocycles. The van der Waals surface area contributed by atoms with Crippen LogP contribution in [0.15, 0.2) is 18.2 Å². The van der Waals surface area contributed by atoms with E-state index in [1.54, 1.807) is 17.0 Å². The minimum atomic E-state index is -0.417. The van der Waals surface area contributed by atoms with E-state index in [0.29, 0.717) is 42.5 Å². The van der Waals surface area contributed by atoms with Crippen molar-refractivity contribution in [3.63, 3.8) is 0 Å². The summed E-state index contributed by atoms with van der Waals surface area (Å²) in [5.74, 6) is 0.482. The van der Waals surface area contributed by atoms with Crippen LogP contribution in [-0.2, 0) is 11.3 Å². The van der Waals surface area contributed by atoms with Gasteiger partial charge >= 0.3 is 0 Å². The first kappa shape index (κ1) is 13.5. The van der Waals surface area contributed by atoms with Crippen LogP contribution < -0.4 is 0 Å². The number of carbonyl (C=O) groups excluding carboxylic acids is 1. The predicted molar refractivity (Wildman–Crippen MR) is 69.5 cm³/mol. The lowest BCUT2D eigenvalue weighted by Gasteiger charge is -2.18. The van der Waals surface area contributed by atoms with Gasteiger partial charge < -0.3 is 4.90 Å². The fraction of sp³-hybridized carbons (Fsp3) is 0.467. The molecule has 0 bridgehead atoms. The largest absolute Gasteiger partial charge is 0.338 e. The first-order valence-corrected chi connectivity index (χ1v) is 6.47. The van der Waals surface area contributed by atoms with E-state index in [1.807, 2.05) is 6.07 Å². The molecule has 4 heteroatoms. The van der Waals surface area contributed by atoms with Gasteiger partial charge in [0.15, 0.2) is 0 Å². The van der Waals surface area contributed by atoms with Gasteiger partial charge in [-0.15, -0.1) is 0 Å². The van der Waals surface area contributed by atoms with Gasteiger partial charge in [0.2, 0.25) is 5.91 Å². The van der Waals surface area contributed by atoms with Gasteiger partial charge in [-0.2, -0.15) is 5.26 Å². The molecule has 0 aromatic heterocycles. The van der Waals surface area contributed by atoms with E-state index in [1.165, 1.54) is 6.07 Å². The van der Waals surface area contributed by atoms with Crippen LogP contribution in [0.25, 0.3) is 0 Å². The van der Waals surface area contributed by atoms with Crippen molar-refractivity contribution in [2.45, 2.75) is 26.8 Å². The Labute approximate surface area is 112 Å². The Bertz CT molecular complexity index is 533. The van der Waals surface area contributed by atoms with Crippen LogP contribution in [0.1, 0.15) is 31.4 Å². The Balaban J connectivity index is 2.10. The average molecular weight is 260 g/mol. The van der Waals surface area contributed by atoms with E-state index in [-0.39, 0.29) is 5.91 Å². The molecule has 100 valence electrons. The average Bonchev–Trinajstić information content (AvgIpc) is 2.73. The Morgan fingerprint density at radius 3 is 2.79 bits per heavy atom. The second-order valence-electron chi connectivity index (χ2n) is 5.40. The van der Waals surface area contributed by atoms with E-state index in [9.17, 15) is 9.18 Å². The van der Waals surface area contributed by atoms with Gasteiger partial charge in [-0.1, -0.05) is 19.9 Å². The zero-order valence-electron chi connectivity index (χ0n) is 11.2. The maximum Gasteiger partial charge on any atom is 0.223 e. The summed E-state index contributed by atoms with van der Waals surface area (Å²) in [5, 5.41) is 8.69. The number of hydrogen-bond acceptors (Lipinski definition) is 2. The van der Waals surface area contributed by atoms with Crippen LogP contribution in [0.4, 0.5) is 4.39 Å². The molecular formula is C15H17FN2O. The highest BCUT2D eigenvalue weighted by Gasteiger charge is 2.31. The summed E-state index contributed by atoms with van der Waals surface area (Å²) >= 11 is 0. The molecule has 1 heterocycles. The number of benzene rings is 1. The van der Waals surface area contributed by atoms with Gasteiger partial charge in [-0.25, -0.2) is 4.39 Å². The molecule has 2 rings (SSSR count). The van der Waals surface area contributed by atoms with E-state index in [4.69, 9.17) is 5.26 Å². The van der Waals surface area contributed by atoms with Crippen LogP contribution in [0, 0.1) is 29.0 Å². The Kier molecular flexibility index (Phi) is 3.84. The molecule has 1 aliphatic rings. The second kappa shape index (κ2) is 5.40. The van der Waals surface area contributed by atoms with Crippen molar-refractivity contribution < 1.29 is 9.18 Å². The number of likely N-dealkylation sites (tertiary alicyclic amines) is 1. The lowest BCUT2D eigenvalue weighted by atomic mass is 9.95. The minimum absolute atomic E-state index is 0.0856. The summed E-state index contributed by atoms with van der Waals surface area (Å²) in [6.45, 7) is 5.18. The van der Waals surface area contributed by atoms with Crippen molar-refractivity contribution in [1.82, 2.24) is 4.90 Å².